The van der Waals surface area contributed by atoms with Crippen LogP contribution in [0.2, 0.25) is 5.02 Å². The first-order valence-electron chi connectivity index (χ1n) is 10.5. The van der Waals surface area contributed by atoms with E-state index < -0.39 is 16.6 Å². The van der Waals surface area contributed by atoms with Crippen molar-refractivity contribution in [3.63, 3.8) is 0 Å². The highest BCUT2D eigenvalue weighted by Crippen LogP contribution is 2.51. The van der Waals surface area contributed by atoms with Crippen molar-refractivity contribution in [1.82, 2.24) is 4.90 Å². The Morgan fingerprint density at radius 2 is 1.57 bits per heavy atom. The summed E-state index contributed by atoms with van der Waals surface area (Å²) in [6, 6.07) is 13.6. The molecule has 0 radical (unpaired) electrons. The van der Waals surface area contributed by atoms with E-state index in [1.807, 2.05) is 29.2 Å². The number of likely N-dealkylation sites (tertiary alicyclic amines) is 1. The van der Waals surface area contributed by atoms with Gasteiger partial charge in [-0.05, 0) is 61.1 Å². The summed E-state index contributed by atoms with van der Waals surface area (Å²) in [4.78, 5) is 15.3. The lowest BCUT2D eigenvalue weighted by Gasteiger charge is -2.40. The molecular weight excluding hydrogens is 405 g/mol. The van der Waals surface area contributed by atoms with Crippen LogP contribution < -0.4 is 0 Å². The Bertz CT molecular complexity index is 949. The molecule has 1 aliphatic carbocycles. The Labute approximate surface area is 180 Å². The lowest BCUT2D eigenvalue weighted by Crippen LogP contribution is -2.49. The van der Waals surface area contributed by atoms with Crippen molar-refractivity contribution in [3.05, 3.63) is 70.5 Å². The highest BCUT2D eigenvalue weighted by atomic mass is 35.5. The molecule has 1 amide bonds. The normalized spacial score (nSPS) is 26.7. The molecule has 6 heteroatoms. The first kappa shape index (κ1) is 20.0. The van der Waals surface area contributed by atoms with Crippen molar-refractivity contribution in [2.24, 2.45) is 0 Å². The minimum atomic E-state index is -1.11. The van der Waals surface area contributed by atoms with Gasteiger partial charge in [0.05, 0.1) is 17.6 Å². The summed E-state index contributed by atoms with van der Waals surface area (Å²) in [5, 5.41) is 11.8. The predicted molar refractivity (Wildman–Crippen MR) is 112 cm³/mol. The summed E-state index contributed by atoms with van der Waals surface area (Å²) < 4.78 is 19.4. The maximum absolute atomic E-state index is 13.3. The summed E-state index contributed by atoms with van der Waals surface area (Å²) in [7, 11) is 0. The number of ether oxygens (including phenoxy) is 1. The summed E-state index contributed by atoms with van der Waals surface area (Å²) in [5.41, 5.74) is -0.225. The number of carbonyl (C=O) groups excluding carboxylic acids is 1. The van der Waals surface area contributed by atoms with E-state index in [9.17, 15) is 14.3 Å². The second-order valence-corrected chi connectivity index (χ2v) is 9.50. The van der Waals surface area contributed by atoms with Gasteiger partial charge in [0.25, 0.3) is 0 Å². The fourth-order valence-electron chi connectivity index (χ4n) is 5.11. The Balaban J connectivity index is 1.26. The summed E-state index contributed by atoms with van der Waals surface area (Å²) in [6.07, 6.45) is 3.60. The van der Waals surface area contributed by atoms with E-state index in [-0.39, 0.29) is 18.3 Å². The van der Waals surface area contributed by atoms with Crippen molar-refractivity contribution in [1.29, 1.82) is 0 Å². The number of halogens is 2. The predicted octanol–water partition coefficient (Wildman–Crippen LogP) is 4.18. The standard InChI is InChI=1S/C24H25ClFNO3/c25-19-5-1-17(2-6-19)23(9-10-23)21(28)27-13-11-22(12-14-27)15-24(29,16-30-22)18-3-7-20(26)8-4-18/h1-8,29H,9-16H2/t24-/m0/s1. The molecular formula is C24H25ClFNO3. The number of aliphatic hydroxyl groups is 1. The smallest absolute Gasteiger partial charge is 0.233 e. The van der Waals surface area contributed by atoms with E-state index >= 15 is 0 Å². The molecule has 4 nitrogen and oxygen atoms in total. The average Bonchev–Trinajstić information content (AvgIpc) is 3.49. The Hall–Kier alpha value is -1.95. The van der Waals surface area contributed by atoms with Crippen LogP contribution in [0.25, 0.3) is 0 Å². The fourth-order valence-corrected chi connectivity index (χ4v) is 5.24. The second kappa shape index (κ2) is 7.04. The molecule has 0 bridgehead atoms. The number of nitrogens with zero attached hydrogens (tertiary/aromatic N) is 1. The first-order chi connectivity index (χ1) is 14.3. The van der Waals surface area contributed by atoms with Gasteiger partial charge >= 0.3 is 0 Å². The van der Waals surface area contributed by atoms with E-state index in [0.29, 0.717) is 42.9 Å². The molecule has 158 valence electrons. The van der Waals surface area contributed by atoms with E-state index in [4.69, 9.17) is 16.3 Å². The van der Waals surface area contributed by atoms with Gasteiger partial charge < -0.3 is 14.7 Å². The van der Waals surface area contributed by atoms with Gasteiger partial charge in [0.15, 0.2) is 0 Å². The van der Waals surface area contributed by atoms with E-state index in [2.05, 4.69) is 0 Å². The van der Waals surface area contributed by atoms with E-state index in [1.54, 1.807) is 12.1 Å². The van der Waals surface area contributed by atoms with Crippen LogP contribution in [0.15, 0.2) is 48.5 Å². The zero-order chi connectivity index (χ0) is 21.0. The van der Waals surface area contributed by atoms with Crippen LogP contribution in [0, 0.1) is 5.82 Å². The number of piperidine rings is 1. The third-order valence-corrected chi connectivity index (χ3v) is 7.38. The monoisotopic (exact) mass is 429 g/mol. The zero-order valence-corrected chi connectivity index (χ0v) is 17.5. The van der Waals surface area contributed by atoms with Crippen molar-refractivity contribution in [2.75, 3.05) is 19.7 Å². The molecule has 2 aromatic carbocycles. The topological polar surface area (TPSA) is 49.8 Å². The Morgan fingerprint density at radius 3 is 2.17 bits per heavy atom. The molecule has 0 aromatic heterocycles. The van der Waals surface area contributed by atoms with Gasteiger partial charge in [-0.3, -0.25) is 4.79 Å². The van der Waals surface area contributed by atoms with Crippen LogP contribution >= 0.6 is 11.6 Å². The van der Waals surface area contributed by atoms with Crippen LogP contribution in [0.3, 0.4) is 0 Å². The SMILES string of the molecule is O=C(N1CCC2(CC1)C[C@@](O)(c1ccc(F)cc1)CO2)C1(c2ccc(Cl)cc2)CC1. The third kappa shape index (κ3) is 3.33. The summed E-state index contributed by atoms with van der Waals surface area (Å²) in [5.74, 6) is -0.135. The zero-order valence-electron chi connectivity index (χ0n) is 16.7. The molecule has 5 rings (SSSR count). The number of rotatable bonds is 3. The molecule has 3 fully saturated rings. The third-order valence-electron chi connectivity index (χ3n) is 7.13. The maximum atomic E-state index is 13.3. The van der Waals surface area contributed by atoms with Gasteiger partial charge in [-0.2, -0.15) is 0 Å². The van der Waals surface area contributed by atoms with Crippen molar-refractivity contribution < 1.29 is 19.0 Å². The van der Waals surface area contributed by atoms with Crippen LogP contribution in [-0.2, 0) is 20.5 Å². The van der Waals surface area contributed by atoms with Crippen LogP contribution in [0.4, 0.5) is 4.39 Å². The molecule has 1 saturated carbocycles. The summed E-state index contributed by atoms with van der Waals surface area (Å²) >= 11 is 6.01. The minimum Gasteiger partial charge on any atom is -0.383 e. The second-order valence-electron chi connectivity index (χ2n) is 9.07. The van der Waals surface area contributed by atoms with Crippen LogP contribution in [-0.4, -0.2) is 41.2 Å². The average molecular weight is 430 g/mol. The van der Waals surface area contributed by atoms with Crippen molar-refractivity contribution in [2.45, 2.75) is 48.7 Å². The first-order valence-corrected chi connectivity index (χ1v) is 10.9. The lowest BCUT2D eigenvalue weighted by atomic mass is 9.80. The van der Waals surface area contributed by atoms with Gasteiger partial charge in [-0.1, -0.05) is 35.9 Å². The highest BCUT2D eigenvalue weighted by molar-refractivity contribution is 6.30. The molecule has 2 saturated heterocycles. The Morgan fingerprint density at radius 1 is 0.967 bits per heavy atom. The molecule has 2 aromatic rings. The maximum Gasteiger partial charge on any atom is 0.233 e. The molecule has 3 aliphatic rings. The van der Waals surface area contributed by atoms with Gasteiger partial charge in [0.1, 0.15) is 11.4 Å². The molecule has 0 unspecified atom stereocenters. The quantitative estimate of drug-likeness (QED) is 0.796. The molecule has 30 heavy (non-hydrogen) atoms. The van der Waals surface area contributed by atoms with E-state index in [0.717, 1.165) is 18.4 Å². The number of benzene rings is 2. The van der Waals surface area contributed by atoms with Crippen LogP contribution in [0.5, 0.6) is 0 Å². The van der Waals surface area contributed by atoms with E-state index in [1.165, 1.54) is 12.1 Å². The number of hydrogen-bond acceptors (Lipinski definition) is 3. The molecule has 2 aliphatic heterocycles. The highest BCUT2D eigenvalue weighted by Gasteiger charge is 2.55. The summed E-state index contributed by atoms with van der Waals surface area (Å²) in [6.45, 7) is 1.43. The molecule has 1 N–H and O–H groups in total. The van der Waals surface area contributed by atoms with Gasteiger partial charge in [0.2, 0.25) is 5.91 Å². The largest absolute Gasteiger partial charge is 0.383 e. The Kier molecular flexibility index (Phi) is 4.69. The molecule has 1 atom stereocenters. The van der Waals surface area contributed by atoms with Gasteiger partial charge in [0, 0.05) is 24.5 Å². The van der Waals surface area contributed by atoms with Crippen molar-refractivity contribution in [3.8, 4) is 0 Å². The van der Waals surface area contributed by atoms with Crippen molar-refractivity contribution >= 4 is 17.5 Å². The lowest BCUT2D eigenvalue weighted by molar-refractivity contribution is -0.138. The van der Waals surface area contributed by atoms with Gasteiger partial charge in [-0.15, -0.1) is 0 Å². The molecule has 2 heterocycles. The number of carbonyl (C=O) groups is 1. The number of hydrogen-bond donors (Lipinski definition) is 1. The number of amides is 1. The van der Waals surface area contributed by atoms with Gasteiger partial charge in [-0.25, -0.2) is 4.39 Å². The molecule has 1 spiro atoms. The van der Waals surface area contributed by atoms with Crippen LogP contribution in [0.1, 0.15) is 43.2 Å². The minimum absolute atomic E-state index is 0.187. The fraction of sp³-hybridized carbons (Fsp3) is 0.458.